The van der Waals surface area contributed by atoms with E-state index in [1.54, 1.807) is 24.3 Å². The lowest BCUT2D eigenvalue weighted by Crippen LogP contribution is -2.04. The van der Waals surface area contributed by atoms with Crippen LogP contribution in [0.15, 0.2) is 30.5 Å². The third-order valence-electron chi connectivity index (χ3n) is 2.57. The smallest absolute Gasteiger partial charge is 0.335 e. The van der Waals surface area contributed by atoms with E-state index in [1.165, 1.54) is 13.3 Å². The van der Waals surface area contributed by atoms with Gasteiger partial charge in [0.05, 0.1) is 18.9 Å². The number of anilines is 1. The number of hydrogen-bond donors (Lipinski definition) is 2. The average molecular weight is 294 g/mol. The standard InChI is InChI=1S/C13H12ClN3O3/c1-20-13-16-7-10(14)11(17-13)15-6-8-2-4-9(5-3-8)12(18)19/h2-5,7H,6H2,1H3,(H,18,19)(H,15,16,17). The Balaban J connectivity index is 2.06. The summed E-state index contributed by atoms with van der Waals surface area (Å²) >= 11 is 5.97. The number of nitrogens with zero attached hydrogens (tertiary/aromatic N) is 2. The van der Waals surface area contributed by atoms with Crippen LogP contribution >= 0.6 is 11.6 Å². The van der Waals surface area contributed by atoms with E-state index >= 15 is 0 Å². The number of ether oxygens (including phenoxy) is 1. The largest absolute Gasteiger partial charge is 0.478 e. The molecule has 0 spiro atoms. The number of carbonyl (C=O) groups is 1. The van der Waals surface area contributed by atoms with Crippen molar-refractivity contribution in [2.75, 3.05) is 12.4 Å². The third-order valence-corrected chi connectivity index (χ3v) is 2.84. The molecular weight excluding hydrogens is 282 g/mol. The molecule has 1 aromatic carbocycles. The van der Waals surface area contributed by atoms with Gasteiger partial charge in [0.1, 0.15) is 5.02 Å². The van der Waals surface area contributed by atoms with Crippen LogP contribution in [-0.2, 0) is 6.54 Å². The molecule has 0 saturated carbocycles. The van der Waals surface area contributed by atoms with E-state index in [9.17, 15) is 4.79 Å². The third kappa shape index (κ3) is 3.36. The predicted molar refractivity (Wildman–Crippen MR) is 74.3 cm³/mol. The van der Waals surface area contributed by atoms with Gasteiger partial charge in [-0.2, -0.15) is 4.98 Å². The van der Waals surface area contributed by atoms with Crippen molar-refractivity contribution in [3.63, 3.8) is 0 Å². The first-order valence-corrected chi connectivity index (χ1v) is 6.10. The number of benzene rings is 1. The molecule has 0 saturated heterocycles. The van der Waals surface area contributed by atoms with Crippen LogP contribution in [0.25, 0.3) is 0 Å². The Hall–Kier alpha value is -2.34. The molecule has 1 heterocycles. The molecule has 6 nitrogen and oxygen atoms in total. The van der Waals surface area contributed by atoms with Gasteiger partial charge in [-0.15, -0.1) is 0 Å². The molecule has 1 aromatic heterocycles. The maximum atomic E-state index is 10.7. The normalized spacial score (nSPS) is 10.1. The highest BCUT2D eigenvalue weighted by molar-refractivity contribution is 6.32. The van der Waals surface area contributed by atoms with Gasteiger partial charge >= 0.3 is 12.0 Å². The highest BCUT2D eigenvalue weighted by Crippen LogP contribution is 2.20. The van der Waals surface area contributed by atoms with E-state index in [1.807, 2.05) is 0 Å². The van der Waals surface area contributed by atoms with Gasteiger partial charge < -0.3 is 15.2 Å². The van der Waals surface area contributed by atoms with E-state index in [2.05, 4.69) is 15.3 Å². The Morgan fingerprint density at radius 2 is 2.10 bits per heavy atom. The number of rotatable bonds is 5. The van der Waals surface area contributed by atoms with Crippen molar-refractivity contribution >= 4 is 23.4 Å². The maximum Gasteiger partial charge on any atom is 0.335 e. The molecule has 0 bridgehead atoms. The van der Waals surface area contributed by atoms with Gasteiger partial charge in [0.25, 0.3) is 0 Å². The van der Waals surface area contributed by atoms with Crippen molar-refractivity contribution in [3.05, 3.63) is 46.6 Å². The monoisotopic (exact) mass is 293 g/mol. The fourth-order valence-corrected chi connectivity index (χ4v) is 1.68. The second-order valence-corrected chi connectivity index (χ2v) is 4.32. The topological polar surface area (TPSA) is 84.3 Å². The average Bonchev–Trinajstić information content (AvgIpc) is 2.47. The van der Waals surface area contributed by atoms with Gasteiger partial charge in [-0.1, -0.05) is 23.7 Å². The molecular formula is C13H12ClN3O3. The molecule has 0 amide bonds. The van der Waals surface area contributed by atoms with E-state index in [4.69, 9.17) is 21.4 Å². The highest BCUT2D eigenvalue weighted by atomic mass is 35.5. The van der Waals surface area contributed by atoms with Crippen LogP contribution in [0.3, 0.4) is 0 Å². The summed E-state index contributed by atoms with van der Waals surface area (Å²) in [6.07, 6.45) is 1.45. The molecule has 0 radical (unpaired) electrons. The summed E-state index contributed by atoms with van der Waals surface area (Å²) in [7, 11) is 1.47. The Morgan fingerprint density at radius 3 is 2.70 bits per heavy atom. The van der Waals surface area contributed by atoms with E-state index < -0.39 is 5.97 Å². The first-order valence-electron chi connectivity index (χ1n) is 5.73. The summed E-state index contributed by atoms with van der Waals surface area (Å²) in [5.41, 5.74) is 1.15. The summed E-state index contributed by atoms with van der Waals surface area (Å²) < 4.78 is 4.92. The Bertz CT molecular complexity index is 617. The van der Waals surface area contributed by atoms with Crippen molar-refractivity contribution in [2.24, 2.45) is 0 Å². The number of aromatic nitrogens is 2. The molecule has 20 heavy (non-hydrogen) atoms. The zero-order chi connectivity index (χ0) is 14.5. The van der Waals surface area contributed by atoms with E-state index in [0.29, 0.717) is 17.4 Å². The fraction of sp³-hybridized carbons (Fsp3) is 0.154. The molecule has 104 valence electrons. The first kappa shape index (κ1) is 14.1. The predicted octanol–water partition coefficient (Wildman–Crippen LogP) is 2.45. The molecule has 0 unspecified atom stereocenters. The maximum absolute atomic E-state index is 10.7. The Labute approximate surface area is 120 Å². The van der Waals surface area contributed by atoms with E-state index in [0.717, 1.165) is 5.56 Å². The number of nitrogens with one attached hydrogen (secondary N) is 1. The minimum Gasteiger partial charge on any atom is -0.478 e. The van der Waals surface area contributed by atoms with Gasteiger partial charge in [-0.3, -0.25) is 0 Å². The molecule has 2 N–H and O–H groups in total. The molecule has 0 atom stereocenters. The number of carboxylic acid groups (broad SMARTS) is 1. The highest BCUT2D eigenvalue weighted by Gasteiger charge is 2.06. The number of halogens is 1. The summed E-state index contributed by atoms with van der Waals surface area (Å²) in [6, 6.07) is 6.76. The van der Waals surface area contributed by atoms with Crippen LogP contribution in [-0.4, -0.2) is 28.2 Å². The Morgan fingerprint density at radius 1 is 1.40 bits per heavy atom. The van der Waals surface area contributed by atoms with Gasteiger partial charge in [0, 0.05) is 6.54 Å². The fourth-order valence-electron chi connectivity index (χ4n) is 1.52. The zero-order valence-electron chi connectivity index (χ0n) is 10.6. The van der Waals surface area contributed by atoms with Crippen LogP contribution in [0.1, 0.15) is 15.9 Å². The summed E-state index contributed by atoms with van der Waals surface area (Å²) in [5.74, 6) is -0.492. The van der Waals surface area contributed by atoms with Crippen molar-refractivity contribution in [2.45, 2.75) is 6.54 Å². The molecule has 0 aliphatic rings. The van der Waals surface area contributed by atoms with Crippen LogP contribution in [0.5, 0.6) is 6.01 Å². The minimum absolute atomic E-state index is 0.220. The van der Waals surface area contributed by atoms with Gasteiger partial charge in [-0.25, -0.2) is 9.78 Å². The van der Waals surface area contributed by atoms with Crippen molar-refractivity contribution in [1.82, 2.24) is 9.97 Å². The summed E-state index contributed by atoms with van der Waals surface area (Å²) in [6.45, 7) is 0.458. The second kappa shape index (κ2) is 6.21. The minimum atomic E-state index is -0.951. The number of methoxy groups -OCH3 is 1. The molecule has 2 rings (SSSR count). The van der Waals surface area contributed by atoms with Crippen LogP contribution in [0.4, 0.5) is 5.82 Å². The number of hydrogen-bond acceptors (Lipinski definition) is 5. The van der Waals surface area contributed by atoms with Gasteiger partial charge in [-0.05, 0) is 17.7 Å². The van der Waals surface area contributed by atoms with Crippen molar-refractivity contribution < 1.29 is 14.6 Å². The van der Waals surface area contributed by atoms with Crippen molar-refractivity contribution in [1.29, 1.82) is 0 Å². The second-order valence-electron chi connectivity index (χ2n) is 3.91. The first-order chi connectivity index (χ1) is 9.60. The Kier molecular flexibility index (Phi) is 4.37. The quantitative estimate of drug-likeness (QED) is 0.881. The van der Waals surface area contributed by atoms with Crippen LogP contribution in [0, 0.1) is 0 Å². The molecule has 2 aromatic rings. The molecule has 7 heteroatoms. The SMILES string of the molecule is COc1ncc(Cl)c(NCc2ccc(C(=O)O)cc2)n1. The zero-order valence-corrected chi connectivity index (χ0v) is 11.4. The molecule has 0 aliphatic heterocycles. The van der Waals surface area contributed by atoms with Gasteiger partial charge in [0.2, 0.25) is 0 Å². The molecule has 0 fully saturated rings. The lowest BCUT2D eigenvalue weighted by Gasteiger charge is -2.08. The van der Waals surface area contributed by atoms with E-state index in [-0.39, 0.29) is 11.6 Å². The molecule has 0 aliphatic carbocycles. The summed E-state index contributed by atoms with van der Waals surface area (Å²) in [5, 5.41) is 12.2. The lowest BCUT2D eigenvalue weighted by atomic mass is 10.1. The van der Waals surface area contributed by atoms with Crippen LogP contribution < -0.4 is 10.1 Å². The number of carboxylic acids is 1. The van der Waals surface area contributed by atoms with Crippen molar-refractivity contribution in [3.8, 4) is 6.01 Å². The van der Waals surface area contributed by atoms with Crippen LogP contribution in [0.2, 0.25) is 5.02 Å². The lowest BCUT2D eigenvalue weighted by molar-refractivity contribution is 0.0697. The summed E-state index contributed by atoms with van der Waals surface area (Å²) in [4.78, 5) is 18.7. The number of aromatic carboxylic acids is 1. The van der Waals surface area contributed by atoms with Gasteiger partial charge in [0.15, 0.2) is 5.82 Å².